The van der Waals surface area contributed by atoms with E-state index in [1.165, 1.54) is 21.5 Å². The lowest BCUT2D eigenvalue weighted by molar-refractivity contribution is 0.0695. The van der Waals surface area contributed by atoms with Crippen LogP contribution in [0.5, 0.6) is 0 Å². The van der Waals surface area contributed by atoms with Gasteiger partial charge in [-0.2, -0.15) is 10.1 Å². The van der Waals surface area contributed by atoms with Gasteiger partial charge in [-0.15, -0.1) is 4.37 Å². The Morgan fingerprint density at radius 2 is 2.15 bits per heavy atom. The van der Waals surface area contributed by atoms with Gasteiger partial charge in [0.05, 0.1) is 5.39 Å². The molecule has 0 saturated carbocycles. The summed E-state index contributed by atoms with van der Waals surface area (Å²) in [6, 6.07) is 3.24. The van der Waals surface area contributed by atoms with Crippen molar-refractivity contribution in [2.75, 3.05) is 0 Å². The van der Waals surface area contributed by atoms with E-state index in [1.54, 1.807) is 25.4 Å². The van der Waals surface area contributed by atoms with Crippen molar-refractivity contribution in [2.45, 2.75) is 6.92 Å². The van der Waals surface area contributed by atoms with Gasteiger partial charge in [-0.3, -0.25) is 9.36 Å². The van der Waals surface area contributed by atoms with Crippen molar-refractivity contribution in [3.8, 4) is 11.1 Å². The Balaban J connectivity index is 2.04. The van der Waals surface area contributed by atoms with E-state index in [0.29, 0.717) is 16.6 Å². The molecule has 0 atom stereocenters. The van der Waals surface area contributed by atoms with Crippen LogP contribution >= 0.6 is 23.1 Å². The summed E-state index contributed by atoms with van der Waals surface area (Å²) in [7, 11) is 0. The van der Waals surface area contributed by atoms with Gasteiger partial charge < -0.3 is 5.11 Å². The summed E-state index contributed by atoms with van der Waals surface area (Å²) >= 11 is 7.05. The molecule has 130 valence electrons. The zero-order valence-corrected chi connectivity index (χ0v) is 14.7. The number of fused-ring (bicyclic) bond motifs is 1. The molecule has 0 amide bonds. The second-order valence-corrected chi connectivity index (χ2v) is 6.45. The van der Waals surface area contributed by atoms with Crippen LogP contribution in [-0.2, 0) is 0 Å². The molecule has 4 aromatic rings. The van der Waals surface area contributed by atoms with Gasteiger partial charge in [0.25, 0.3) is 5.95 Å². The number of hydrogen-bond donors (Lipinski definition) is 1. The maximum atomic E-state index is 12.6. The third kappa shape index (κ3) is 2.55. The maximum absolute atomic E-state index is 12.6. The predicted octanol–water partition coefficient (Wildman–Crippen LogP) is 2.08. The lowest BCUT2D eigenvalue weighted by Crippen LogP contribution is -2.20. The minimum Gasteiger partial charge on any atom is -0.477 e. The summed E-state index contributed by atoms with van der Waals surface area (Å²) in [5, 5.41) is 14.1. The van der Waals surface area contributed by atoms with Crippen LogP contribution in [0.4, 0.5) is 0 Å². The highest BCUT2D eigenvalue weighted by Crippen LogP contribution is 2.23. The molecule has 0 aromatic carbocycles. The summed E-state index contributed by atoms with van der Waals surface area (Å²) in [5.74, 6) is -1.02. The van der Waals surface area contributed by atoms with Crippen LogP contribution in [0, 0.1) is 6.92 Å². The van der Waals surface area contributed by atoms with Crippen LogP contribution < -0.4 is 5.43 Å². The Hall–Kier alpha value is -3.11. The average molecular weight is 389 g/mol. The first-order valence-electron chi connectivity index (χ1n) is 7.25. The van der Waals surface area contributed by atoms with Crippen LogP contribution in [0.15, 0.2) is 35.5 Å². The Labute approximate surface area is 154 Å². The standard InChI is InChI=1S/C15H9ClN6O3S/c1-7-5-9(16)18-12-10(7)11(23)8(13(24)25)6-21(12)15-19-14(20-26-15)22-4-2-3-17-22/h2-6H,1H3,(H,24,25). The number of halogens is 1. The fraction of sp³-hybridized carbons (Fsp3) is 0.0667. The van der Waals surface area contributed by atoms with E-state index in [2.05, 4.69) is 19.4 Å². The Kier molecular flexibility index (Phi) is 3.78. The third-order valence-electron chi connectivity index (χ3n) is 3.67. The van der Waals surface area contributed by atoms with Gasteiger partial charge in [0.1, 0.15) is 10.7 Å². The minimum atomic E-state index is -1.34. The normalized spacial score (nSPS) is 11.2. The van der Waals surface area contributed by atoms with Crippen LogP contribution in [0.3, 0.4) is 0 Å². The SMILES string of the molecule is Cc1cc(Cl)nc2c1c(=O)c(C(=O)O)cn2-c1nc(-n2cccn2)ns1. The summed E-state index contributed by atoms with van der Waals surface area (Å²) in [4.78, 5) is 32.6. The summed E-state index contributed by atoms with van der Waals surface area (Å²) in [5.41, 5.74) is -0.269. The molecule has 4 aromatic heterocycles. The van der Waals surface area contributed by atoms with E-state index in [0.717, 1.165) is 11.5 Å². The van der Waals surface area contributed by atoms with Gasteiger partial charge in [0, 0.05) is 30.1 Å². The van der Waals surface area contributed by atoms with E-state index in [4.69, 9.17) is 11.6 Å². The van der Waals surface area contributed by atoms with Crippen molar-refractivity contribution in [1.82, 2.24) is 28.7 Å². The molecule has 1 N–H and O–H groups in total. The first-order valence-corrected chi connectivity index (χ1v) is 8.41. The second kappa shape index (κ2) is 6.00. The molecule has 4 rings (SSSR count). The number of aromatic carboxylic acids is 1. The minimum absolute atomic E-state index is 0.171. The van der Waals surface area contributed by atoms with Crippen molar-refractivity contribution in [2.24, 2.45) is 0 Å². The van der Waals surface area contributed by atoms with Gasteiger partial charge >= 0.3 is 5.97 Å². The van der Waals surface area contributed by atoms with E-state index >= 15 is 0 Å². The van der Waals surface area contributed by atoms with Gasteiger partial charge in [-0.05, 0) is 24.6 Å². The zero-order valence-electron chi connectivity index (χ0n) is 13.1. The number of aromatic nitrogens is 6. The van der Waals surface area contributed by atoms with Crippen LogP contribution in [0.1, 0.15) is 15.9 Å². The van der Waals surface area contributed by atoms with E-state index < -0.39 is 11.4 Å². The highest BCUT2D eigenvalue weighted by molar-refractivity contribution is 7.08. The maximum Gasteiger partial charge on any atom is 0.341 e. The van der Waals surface area contributed by atoms with Crippen LogP contribution in [0.2, 0.25) is 5.15 Å². The smallest absolute Gasteiger partial charge is 0.341 e. The largest absolute Gasteiger partial charge is 0.477 e. The molecule has 0 spiro atoms. The third-order valence-corrected chi connectivity index (χ3v) is 4.57. The summed E-state index contributed by atoms with van der Waals surface area (Å²) in [6.07, 6.45) is 4.45. The molecule has 0 saturated heterocycles. The number of rotatable bonds is 3. The Bertz CT molecular complexity index is 1210. The summed E-state index contributed by atoms with van der Waals surface area (Å²) < 4.78 is 7.08. The first kappa shape index (κ1) is 16.4. The fourth-order valence-electron chi connectivity index (χ4n) is 2.54. The second-order valence-electron chi connectivity index (χ2n) is 5.34. The number of carbonyl (C=O) groups is 1. The van der Waals surface area contributed by atoms with Crippen LogP contribution in [0.25, 0.3) is 22.1 Å². The van der Waals surface area contributed by atoms with Gasteiger partial charge in [0.2, 0.25) is 10.6 Å². The van der Waals surface area contributed by atoms with Gasteiger partial charge in [-0.1, -0.05) is 11.6 Å². The average Bonchev–Trinajstić information content (AvgIpc) is 3.25. The van der Waals surface area contributed by atoms with Crippen molar-refractivity contribution in [3.63, 3.8) is 0 Å². The highest BCUT2D eigenvalue weighted by Gasteiger charge is 2.20. The van der Waals surface area contributed by atoms with Gasteiger partial charge in [-0.25, -0.2) is 14.5 Å². The number of aryl methyl sites for hydroxylation is 1. The van der Waals surface area contributed by atoms with E-state index in [9.17, 15) is 14.7 Å². The number of hydrogen-bond acceptors (Lipinski definition) is 7. The molecule has 0 bridgehead atoms. The molecule has 4 heterocycles. The highest BCUT2D eigenvalue weighted by atomic mass is 35.5. The molecule has 0 aliphatic carbocycles. The van der Waals surface area contributed by atoms with Gasteiger partial charge in [0.15, 0.2) is 5.65 Å². The molecule has 0 aliphatic heterocycles. The van der Waals surface area contributed by atoms with Crippen molar-refractivity contribution >= 4 is 40.1 Å². The van der Waals surface area contributed by atoms with Crippen molar-refractivity contribution < 1.29 is 9.90 Å². The lowest BCUT2D eigenvalue weighted by atomic mass is 10.1. The molecule has 11 heteroatoms. The topological polar surface area (TPSA) is 116 Å². The number of pyridine rings is 2. The fourth-order valence-corrected chi connectivity index (χ4v) is 3.42. The summed E-state index contributed by atoms with van der Waals surface area (Å²) in [6.45, 7) is 1.67. The lowest BCUT2D eigenvalue weighted by Gasteiger charge is -2.10. The molecule has 26 heavy (non-hydrogen) atoms. The molecule has 0 radical (unpaired) electrons. The monoisotopic (exact) mass is 388 g/mol. The Morgan fingerprint density at radius 1 is 1.35 bits per heavy atom. The molecule has 0 fully saturated rings. The predicted molar refractivity (Wildman–Crippen MR) is 94.6 cm³/mol. The van der Waals surface area contributed by atoms with E-state index in [1.807, 2.05) is 0 Å². The Morgan fingerprint density at radius 3 is 2.85 bits per heavy atom. The quantitative estimate of drug-likeness (QED) is 0.534. The molecule has 0 unspecified atom stereocenters. The first-order chi connectivity index (χ1) is 12.5. The van der Waals surface area contributed by atoms with Crippen LogP contribution in [-0.4, -0.2) is 39.8 Å². The van der Waals surface area contributed by atoms with E-state index in [-0.39, 0.29) is 21.7 Å². The molecule has 0 aliphatic rings. The van der Waals surface area contributed by atoms with Crippen molar-refractivity contribution in [3.05, 3.63) is 57.2 Å². The molecular formula is C15H9ClN6O3S. The molecular weight excluding hydrogens is 380 g/mol. The number of carboxylic acid groups (broad SMARTS) is 1. The molecule has 9 nitrogen and oxygen atoms in total. The number of carboxylic acids is 1. The number of nitrogens with zero attached hydrogens (tertiary/aromatic N) is 6. The zero-order chi connectivity index (χ0) is 18.4. The van der Waals surface area contributed by atoms with Crippen molar-refractivity contribution in [1.29, 1.82) is 0 Å².